The van der Waals surface area contributed by atoms with Gasteiger partial charge < -0.3 is 10.1 Å². The fraction of sp³-hybridized carbons (Fsp3) is 0.190. The van der Waals surface area contributed by atoms with E-state index in [0.717, 1.165) is 11.3 Å². The number of carbonyl (C=O) groups is 1. The second-order valence-electron chi connectivity index (χ2n) is 6.00. The topological polar surface area (TPSA) is 73.2 Å². The highest BCUT2D eigenvalue weighted by Gasteiger charge is 2.07. The average molecular weight is 398 g/mol. The van der Waals surface area contributed by atoms with E-state index in [1.165, 1.54) is 10.7 Å². The Morgan fingerprint density at radius 1 is 1.14 bits per heavy atom. The molecule has 1 aromatic heterocycles. The third-order valence-corrected chi connectivity index (χ3v) is 4.26. The standard InChI is InChI=1S/C21H20ClN3O3/c1-2-28-18-8-6-15(7-9-18)19-10-11-20(26)25(24-19)13-12-23-21(27)16-4-3-5-17(22)14-16/h3-11,14H,2,12-13H2,1H3,(H,23,27). The molecule has 0 unspecified atom stereocenters. The summed E-state index contributed by atoms with van der Waals surface area (Å²) in [6.07, 6.45) is 0. The first-order valence-electron chi connectivity index (χ1n) is 8.92. The van der Waals surface area contributed by atoms with Crippen LogP contribution in [0.5, 0.6) is 5.75 Å². The quantitative estimate of drug-likeness (QED) is 0.663. The van der Waals surface area contributed by atoms with E-state index < -0.39 is 0 Å². The van der Waals surface area contributed by atoms with Crippen LogP contribution in [0, 0.1) is 0 Å². The lowest BCUT2D eigenvalue weighted by atomic mass is 10.1. The van der Waals surface area contributed by atoms with Gasteiger partial charge in [-0.05, 0) is 55.5 Å². The average Bonchev–Trinajstić information content (AvgIpc) is 2.70. The van der Waals surface area contributed by atoms with Gasteiger partial charge in [-0.2, -0.15) is 5.10 Å². The molecule has 0 aliphatic rings. The Bertz CT molecular complexity index is 1020. The number of nitrogens with zero attached hydrogens (tertiary/aromatic N) is 2. The summed E-state index contributed by atoms with van der Waals surface area (Å²) in [6, 6.07) is 17.3. The van der Waals surface area contributed by atoms with E-state index in [4.69, 9.17) is 16.3 Å². The molecular weight excluding hydrogens is 378 g/mol. The number of amides is 1. The van der Waals surface area contributed by atoms with Gasteiger partial charge in [-0.3, -0.25) is 9.59 Å². The predicted molar refractivity (Wildman–Crippen MR) is 109 cm³/mol. The molecule has 0 atom stereocenters. The van der Waals surface area contributed by atoms with Crippen molar-refractivity contribution < 1.29 is 9.53 Å². The van der Waals surface area contributed by atoms with Crippen LogP contribution >= 0.6 is 11.6 Å². The van der Waals surface area contributed by atoms with Crippen molar-refractivity contribution in [1.82, 2.24) is 15.1 Å². The van der Waals surface area contributed by atoms with Gasteiger partial charge in [0.05, 0.1) is 18.8 Å². The van der Waals surface area contributed by atoms with Crippen molar-refractivity contribution in [3.05, 3.63) is 81.6 Å². The van der Waals surface area contributed by atoms with Gasteiger partial charge in [0, 0.05) is 28.8 Å². The maximum Gasteiger partial charge on any atom is 0.266 e. The van der Waals surface area contributed by atoms with Crippen molar-refractivity contribution in [2.45, 2.75) is 13.5 Å². The second kappa shape index (κ2) is 9.19. The zero-order valence-corrected chi connectivity index (χ0v) is 16.1. The van der Waals surface area contributed by atoms with E-state index >= 15 is 0 Å². The van der Waals surface area contributed by atoms with Gasteiger partial charge in [0.15, 0.2) is 0 Å². The Kier molecular flexibility index (Phi) is 6.45. The Balaban J connectivity index is 1.66. The SMILES string of the molecule is CCOc1ccc(-c2ccc(=O)n(CCNC(=O)c3cccc(Cl)c3)n2)cc1. The van der Waals surface area contributed by atoms with E-state index in [1.54, 1.807) is 30.3 Å². The molecule has 0 aliphatic heterocycles. The lowest BCUT2D eigenvalue weighted by Gasteiger charge is -2.09. The van der Waals surface area contributed by atoms with Crippen LogP contribution in [0.4, 0.5) is 0 Å². The second-order valence-corrected chi connectivity index (χ2v) is 6.44. The first kappa shape index (κ1) is 19.6. The molecule has 3 aromatic rings. The van der Waals surface area contributed by atoms with E-state index in [-0.39, 0.29) is 24.6 Å². The third kappa shape index (κ3) is 4.98. The minimum atomic E-state index is -0.252. The molecule has 1 amide bonds. The highest BCUT2D eigenvalue weighted by molar-refractivity contribution is 6.30. The summed E-state index contributed by atoms with van der Waals surface area (Å²) < 4.78 is 6.77. The normalized spacial score (nSPS) is 10.5. The molecule has 3 rings (SSSR count). The van der Waals surface area contributed by atoms with Gasteiger partial charge in [-0.25, -0.2) is 4.68 Å². The molecule has 7 heteroatoms. The maximum atomic E-state index is 12.2. The van der Waals surface area contributed by atoms with Gasteiger partial charge in [-0.15, -0.1) is 0 Å². The number of halogens is 1. The van der Waals surface area contributed by atoms with Crippen molar-refractivity contribution in [1.29, 1.82) is 0 Å². The largest absolute Gasteiger partial charge is 0.494 e. The molecule has 0 saturated carbocycles. The molecule has 0 aliphatic carbocycles. The first-order chi connectivity index (χ1) is 13.6. The van der Waals surface area contributed by atoms with Crippen LogP contribution in [0.3, 0.4) is 0 Å². The smallest absolute Gasteiger partial charge is 0.266 e. The number of hydrogen-bond acceptors (Lipinski definition) is 4. The molecule has 2 aromatic carbocycles. The highest BCUT2D eigenvalue weighted by Crippen LogP contribution is 2.19. The molecule has 0 bridgehead atoms. The fourth-order valence-electron chi connectivity index (χ4n) is 2.66. The molecule has 1 N–H and O–H groups in total. The summed E-state index contributed by atoms with van der Waals surface area (Å²) in [5, 5.41) is 7.66. The van der Waals surface area contributed by atoms with Crippen molar-refractivity contribution in [2.24, 2.45) is 0 Å². The van der Waals surface area contributed by atoms with Gasteiger partial charge in [0.25, 0.3) is 11.5 Å². The van der Waals surface area contributed by atoms with Crippen LogP contribution in [0.15, 0.2) is 65.5 Å². The summed E-state index contributed by atoms with van der Waals surface area (Å²) in [4.78, 5) is 24.2. The van der Waals surface area contributed by atoms with Crippen LogP contribution in [0.2, 0.25) is 5.02 Å². The van der Waals surface area contributed by atoms with E-state index in [1.807, 2.05) is 31.2 Å². The number of benzene rings is 2. The van der Waals surface area contributed by atoms with Crippen LogP contribution < -0.4 is 15.6 Å². The lowest BCUT2D eigenvalue weighted by molar-refractivity contribution is 0.0951. The van der Waals surface area contributed by atoms with Crippen LogP contribution in [0.1, 0.15) is 17.3 Å². The number of rotatable bonds is 7. The Hall–Kier alpha value is -3.12. The molecular formula is C21H20ClN3O3. The molecule has 1 heterocycles. The van der Waals surface area contributed by atoms with Gasteiger partial charge in [0.2, 0.25) is 0 Å². The lowest BCUT2D eigenvalue weighted by Crippen LogP contribution is -2.31. The number of carbonyl (C=O) groups excluding carboxylic acids is 1. The van der Waals surface area contributed by atoms with Crippen molar-refractivity contribution >= 4 is 17.5 Å². The third-order valence-electron chi connectivity index (χ3n) is 4.02. The van der Waals surface area contributed by atoms with Crippen LogP contribution in [-0.4, -0.2) is 28.8 Å². The summed E-state index contributed by atoms with van der Waals surface area (Å²) >= 11 is 5.90. The summed E-state index contributed by atoms with van der Waals surface area (Å²) in [5.41, 5.74) is 1.78. The monoisotopic (exact) mass is 397 g/mol. The van der Waals surface area contributed by atoms with Crippen molar-refractivity contribution in [2.75, 3.05) is 13.2 Å². The number of aromatic nitrogens is 2. The number of ether oxygens (including phenoxy) is 1. The summed E-state index contributed by atoms with van der Waals surface area (Å²) in [7, 11) is 0. The molecule has 0 fully saturated rings. The van der Waals surface area contributed by atoms with E-state index in [0.29, 0.717) is 22.9 Å². The molecule has 0 spiro atoms. The Labute approximate surface area is 167 Å². The molecule has 144 valence electrons. The molecule has 0 radical (unpaired) electrons. The van der Waals surface area contributed by atoms with Crippen LogP contribution in [0.25, 0.3) is 11.3 Å². The molecule has 6 nitrogen and oxygen atoms in total. The first-order valence-corrected chi connectivity index (χ1v) is 9.30. The van der Waals surface area contributed by atoms with Crippen molar-refractivity contribution in [3.63, 3.8) is 0 Å². The highest BCUT2D eigenvalue weighted by atomic mass is 35.5. The minimum Gasteiger partial charge on any atom is -0.494 e. The fourth-order valence-corrected chi connectivity index (χ4v) is 2.85. The van der Waals surface area contributed by atoms with Crippen LogP contribution in [-0.2, 0) is 6.54 Å². The van der Waals surface area contributed by atoms with E-state index in [9.17, 15) is 9.59 Å². The molecule has 28 heavy (non-hydrogen) atoms. The zero-order chi connectivity index (χ0) is 19.9. The van der Waals surface area contributed by atoms with Crippen molar-refractivity contribution in [3.8, 4) is 17.0 Å². The minimum absolute atomic E-state index is 0.230. The summed E-state index contributed by atoms with van der Waals surface area (Å²) in [5.74, 6) is 0.529. The predicted octanol–water partition coefficient (Wildman–Crippen LogP) is 3.39. The maximum absolute atomic E-state index is 12.2. The van der Waals surface area contributed by atoms with E-state index in [2.05, 4.69) is 10.4 Å². The molecule has 0 saturated heterocycles. The van der Waals surface area contributed by atoms with Gasteiger partial charge in [-0.1, -0.05) is 17.7 Å². The number of nitrogens with one attached hydrogen (secondary N) is 1. The Morgan fingerprint density at radius 2 is 1.93 bits per heavy atom. The van der Waals surface area contributed by atoms with Gasteiger partial charge >= 0.3 is 0 Å². The van der Waals surface area contributed by atoms with Gasteiger partial charge in [0.1, 0.15) is 5.75 Å². The number of hydrogen-bond donors (Lipinski definition) is 1. The zero-order valence-electron chi connectivity index (χ0n) is 15.4. The summed E-state index contributed by atoms with van der Waals surface area (Å²) in [6.45, 7) is 3.06. The Morgan fingerprint density at radius 3 is 2.64 bits per heavy atom.